The van der Waals surface area contributed by atoms with E-state index in [4.69, 9.17) is 5.11 Å². The van der Waals surface area contributed by atoms with Crippen LogP contribution in [-0.2, 0) is 0 Å². The molecule has 0 aromatic rings. The molecule has 0 aromatic heterocycles. The second-order valence-corrected chi connectivity index (χ2v) is 2.94. The van der Waals surface area contributed by atoms with Crippen LogP contribution in [0.3, 0.4) is 0 Å². The first-order valence-electron chi connectivity index (χ1n) is 3.91. The van der Waals surface area contributed by atoms with Crippen molar-refractivity contribution in [3.05, 3.63) is 0 Å². The predicted molar refractivity (Wildman–Crippen MR) is 41.0 cm³/mol. The van der Waals surface area contributed by atoms with Crippen LogP contribution >= 0.6 is 0 Å². The molecule has 0 aliphatic carbocycles. The van der Waals surface area contributed by atoms with Crippen LogP contribution in [0.2, 0.25) is 0 Å². The lowest BCUT2D eigenvalue weighted by Crippen LogP contribution is -2.49. The molecule has 0 saturated carbocycles. The minimum Gasteiger partial charge on any atom is -0.393 e. The number of piperazine rings is 1. The maximum Gasteiger partial charge on any atom is 0.0527 e. The molecular weight excluding hydrogens is 128 g/mol. The number of nitrogens with one attached hydrogen (secondary N) is 2. The first kappa shape index (κ1) is 7.98. The van der Waals surface area contributed by atoms with Crippen molar-refractivity contribution in [1.29, 1.82) is 0 Å². The standard InChI is InChI=1S/C7H16N2O/c1-6(10)4-7-5-8-2-3-9-7/h6-10H,2-5H2,1H3/t6-,7+/m1/s1. The van der Waals surface area contributed by atoms with Crippen LogP contribution in [0.1, 0.15) is 13.3 Å². The van der Waals surface area contributed by atoms with Crippen molar-refractivity contribution >= 4 is 0 Å². The van der Waals surface area contributed by atoms with Crippen LogP contribution in [0.25, 0.3) is 0 Å². The molecule has 1 saturated heterocycles. The molecule has 0 unspecified atom stereocenters. The molecule has 1 rings (SSSR count). The van der Waals surface area contributed by atoms with Gasteiger partial charge < -0.3 is 15.7 Å². The largest absolute Gasteiger partial charge is 0.393 e. The van der Waals surface area contributed by atoms with Crippen molar-refractivity contribution in [2.24, 2.45) is 0 Å². The Bertz CT molecular complexity index is 89.6. The Morgan fingerprint density at radius 1 is 1.60 bits per heavy atom. The Morgan fingerprint density at radius 3 is 2.90 bits per heavy atom. The van der Waals surface area contributed by atoms with E-state index in [0.29, 0.717) is 6.04 Å². The van der Waals surface area contributed by atoms with Gasteiger partial charge in [-0.15, -0.1) is 0 Å². The monoisotopic (exact) mass is 144 g/mol. The number of aliphatic hydroxyl groups excluding tert-OH is 1. The molecule has 3 N–H and O–H groups in total. The van der Waals surface area contributed by atoms with Gasteiger partial charge in [-0.2, -0.15) is 0 Å². The molecule has 3 nitrogen and oxygen atoms in total. The maximum absolute atomic E-state index is 9.04. The molecule has 1 aliphatic heterocycles. The quantitative estimate of drug-likeness (QED) is 0.481. The second kappa shape index (κ2) is 3.91. The second-order valence-electron chi connectivity index (χ2n) is 2.94. The van der Waals surface area contributed by atoms with Crippen molar-refractivity contribution in [2.75, 3.05) is 19.6 Å². The van der Waals surface area contributed by atoms with Crippen molar-refractivity contribution in [1.82, 2.24) is 10.6 Å². The summed E-state index contributed by atoms with van der Waals surface area (Å²) in [5.74, 6) is 0. The smallest absolute Gasteiger partial charge is 0.0527 e. The van der Waals surface area contributed by atoms with Gasteiger partial charge in [-0.1, -0.05) is 0 Å². The van der Waals surface area contributed by atoms with E-state index >= 15 is 0 Å². The molecule has 1 fully saturated rings. The Labute approximate surface area is 61.8 Å². The molecular formula is C7H16N2O. The first-order chi connectivity index (χ1) is 4.79. The van der Waals surface area contributed by atoms with Gasteiger partial charge in [-0.25, -0.2) is 0 Å². The van der Waals surface area contributed by atoms with E-state index in [1.54, 1.807) is 0 Å². The van der Waals surface area contributed by atoms with Gasteiger partial charge in [0.25, 0.3) is 0 Å². The summed E-state index contributed by atoms with van der Waals surface area (Å²) < 4.78 is 0. The third kappa shape index (κ3) is 2.64. The Balaban J connectivity index is 2.13. The average Bonchev–Trinajstić information content (AvgIpc) is 1.88. The fourth-order valence-corrected chi connectivity index (χ4v) is 1.29. The summed E-state index contributed by atoms with van der Waals surface area (Å²) in [6.45, 7) is 4.90. The van der Waals surface area contributed by atoms with Crippen LogP contribution in [0, 0.1) is 0 Å². The normalized spacial score (nSPS) is 30.0. The molecule has 0 amide bonds. The Hall–Kier alpha value is -0.120. The summed E-state index contributed by atoms with van der Waals surface area (Å²) in [5, 5.41) is 15.6. The molecule has 0 bridgehead atoms. The van der Waals surface area contributed by atoms with Crippen molar-refractivity contribution in [3.63, 3.8) is 0 Å². The number of hydrogen-bond donors (Lipinski definition) is 3. The molecule has 0 aromatic carbocycles. The Kier molecular flexibility index (Phi) is 3.12. The highest BCUT2D eigenvalue weighted by Crippen LogP contribution is 1.97. The SMILES string of the molecule is C[C@@H](O)C[C@H]1CNCCN1. The minimum absolute atomic E-state index is 0.183. The van der Waals surface area contributed by atoms with E-state index in [2.05, 4.69) is 10.6 Å². The van der Waals surface area contributed by atoms with Crippen LogP contribution in [-0.4, -0.2) is 36.9 Å². The highest BCUT2D eigenvalue weighted by atomic mass is 16.3. The van der Waals surface area contributed by atoms with E-state index in [9.17, 15) is 0 Å². The third-order valence-corrected chi connectivity index (χ3v) is 1.75. The zero-order chi connectivity index (χ0) is 7.40. The number of hydrogen-bond acceptors (Lipinski definition) is 3. The van der Waals surface area contributed by atoms with Crippen molar-refractivity contribution in [2.45, 2.75) is 25.5 Å². The lowest BCUT2D eigenvalue weighted by Gasteiger charge is -2.25. The first-order valence-corrected chi connectivity index (χ1v) is 3.91. The summed E-state index contributed by atoms with van der Waals surface area (Å²) in [5.41, 5.74) is 0. The van der Waals surface area contributed by atoms with Crippen molar-refractivity contribution < 1.29 is 5.11 Å². The molecule has 1 aliphatic rings. The van der Waals surface area contributed by atoms with E-state index in [0.717, 1.165) is 26.1 Å². The van der Waals surface area contributed by atoms with E-state index in [1.807, 2.05) is 6.92 Å². The third-order valence-electron chi connectivity index (χ3n) is 1.75. The van der Waals surface area contributed by atoms with Crippen LogP contribution in [0.4, 0.5) is 0 Å². The van der Waals surface area contributed by atoms with Gasteiger partial charge in [0.2, 0.25) is 0 Å². The van der Waals surface area contributed by atoms with Crippen LogP contribution in [0.5, 0.6) is 0 Å². The molecule has 1 heterocycles. The molecule has 0 radical (unpaired) electrons. The lowest BCUT2D eigenvalue weighted by atomic mass is 10.1. The predicted octanol–water partition coefficient (Wildman–Crippen LogP) is -0.681. The lowest BCUT2D eigenvalue weighted by molar-refractivity contribution is 0.163. The topological polar surface area (TPSA) is 44.3 Å². The Morgan fingerprint density at radius 2 is 2.40 bits per heavy atom. The molecule has 2 atom stereocenters. The van der Waals surface area contributed by atoms with Gasteiger partial charge in [0.05, 0.1) is 6.10 Å². The van der Waals surface area contributed by atoms with Gasteiger partial charge in [-0.3, -0.25) is 0 Å². The fraction of sp³-hybridized carbons (Fsp3) is 1.00. The van der Waals surface area contributed by atoms with Gasteiger partial charge in [-0.05, 0) is 13.3 Å². The van der Waals surface area contributed by atoms with Crippen LogP contribution < -0.4 is 10.6 Å². The summed E-state index contributed by atoms with van der Waals surface area (Å²) >= 11 is 0. The molecule has 60 valence electrons. The summed E-state index contributed by atoms with van der Waals surface area (Å²) in [7, 11) is 0. The molecule has 0 spiro atoms. The summed E-state index contributed by atoms with van der Waals surface area (Å²) in [6, 6.07) is 0.466. The highest BCUT2D eigenvalue weighted by Gasteiger charge is 2.13. The van der Waals surface area contributed by atoms with Gasteiger partial charge >= 0.3 is 0 Å². The van der Waals surface area contributed by atoms with Gasteiger partial charge in [0.1, 0.15) is 0 Å². The maximum atomic E-state index is 9.04. The molecule has 10 heavy (non-hydrogen) atoms. The van der Waals surface area contributed by atoms with E-state index in [1.165, 1.54) is 0 Å². The fourth-order valence-electron chi connectivity index (χ4n) is 1.29. The minimum atomic E-state index is -0.183. The highest BCUT2D eigenvalue weighted by molar-refractivity contribution is 4.76. The van der Waals surface area contributed by atoms with Crippen molar-refractivity contribution in [3.8, 4) is 0 Å². The van der Waals surface area contributed by atoms with Gasteiger partial charge in [0, 0.05) is 25.7 Å². The zero-order valence-corrected chi connectivity index (χ0v) is 6.43. The van der Waals surface area contributed by atoms with Crippen LogP contribution in [0.15, 0.2) is 0 Å². The zero-order valence-electron chi connectivity index (χ0n) is 6.43. The van der Waals surface area contributed by atoms with Gasteiger partial charge in [0.15, 0.2) is 0 Å². The number of aliphatic hydroxyl groups is 1. The molecule has 3 heteroatoms. The average molecular weight is 144 g/mol. The van der Waals surface area contributed by atoms with E-state index in [-0.39, 0.29) is 6.10 Å². The van der Waals surface area contributed by atoms with E-state index < -0.39 is 0 Å². The number of rotatable bonds is 2. The summed E-state index contributed by atoms with van der Waals surface area (Å²) in [6.07, 6.45) is 0.671. The summed E-state index contributed by atoms with van der Waals surface area (Å²) in [4.78, 5) is 0.